The molecule has 2 bridgehead atoms. The van der Waals surface area contributed by atoms with Crippen molar-refractivity contribution in [2.24, 2.45) is 0 Å². The Balaban J connectivity index is 1.34. The first kappa shape index (κ1) is 18.0. The highest BCUT2D eigenvalue weighted by molar-refractivity contribution is 5.93. The second-order valence-corrected chi connectivity index (χ2v) is 8.20. The summed E-state index contributed by atoms with van der Waals surface area (Å²) in [6.45, 7) is 2.88. The number of pyridine rings is 1. The number of nitrogens with zero attached hydrogens (tertiary/aromatic N) is 4. The number of fused-ring (bicyclic) bond motifs is 3. The van der Waals surface area contributed by atoms with Crippen molar-refractivity contribution in [1.82, 2.24) is 25.1 Å². The van der Waals surface area contributed by atoms with E-state index in [-0.39, 0.29) is 0 Å². The maximum Gasteiger partial charge on any atom is 0.153 e. The van der Waals surface area contributed by atoms with Crippen LogP contribution < -0.4 is 10.6 Å². The van der Waals surface area contributed by atoms with Crippen LogP contribution in [0.4, 0.5) is 17.5 Å². The summed E-state index contributed by atoms with van der Waals surface area (Å²) >= 11 is 0. The molecule has 3 aromatic rings. The van der Waals surface area contributed by atoms with Crippen LogP contribution in [-0.2, 0) is 0 Å². The molecule has 2 aliphatic rings. The van der Waals surface area contributed by atoms with Gasteiger partial charge in [0.15, 0.2) is 5.82 Å². The van der Waals surface area contributed by atoms with Gasteiger partial charge >= 0.3 is 0 Å². The minimum atomic E-state index is 0.409. The zero-order chi connectivity index (χ0) is 19.8. The van der Waals surface area contributed by atoms with Crippen molar-refractivity contribution < 1.29 is 0 Å². The van der Waals surface area contributed by atoms with Gasteiger partial charge in [-0.05, 0) is 38.7 Å². The maximum absolute atomic E-state index is 8.93. The number of anilines is 3. The zero-order valence-corrected chi connectivity index (χ0v) is 16.6. The Morgan fingerprint density at radius 1 is 1.24 bits per heavy atom. The molecule has 5 heterocycles. The van der Waals surface area contributed by atoms with E-state index in [9.17, 15) is 0 Å². The minimum absolute atomic E-state index is 0.409. The second-order valence-electron chi connectivity index (χ2n) is 8.20. The van der Waals surface area contributed by atoms with E-state index in [1.165, 1.54) is 12.8 Å². The molecular formula is C21H26N8. The summed E-state index contributed by atoms with van der Waals surface area (Å²) < 4.78 is 0. The van der Waals surface area contributed by atoms with Crippen molar-refractivity contribution in [2.45, 2.75) is 57.2 Å². The number of hydrogen-bond acceptors (Lipinski definition) is 6. The molecule has 2 saturated heterocycles. The van der Waals surface area contributed by atoms with Gasteiger partial charge in [0.25, 0.3) is 0 Å². The Morgan fingerprint density at radius 2 is 2.07 bits per heavy atom. The minimum Gasteiger partial charge on any atom is -0.367 e. The fraction of sp³-hybridized carbons (Fsp3) is 0.476. The third kappa shape index (κ3) is 3.54. The molecule has 0 spiro atoms. The zero-order valence-electron chi connectivity index (χ0n) is 16.6. The van der Waals surface area contributed by atoms with E-state index in [0.29, 0.717) is 24.5 Å². The lowest BCUT2D eigenvalue weighted by Gasteiger charge is -2.39. The third-order valence-corrected chi connectivity index (χ3v) is 6.22. The molecule has 3 aromatic heterocycles. The van der Waals surface area contributed by atoms with Crippen molar-refractivity contribution in [1.29, 1.82) is 5.26 Å². The lowest BCUT2D eigenvalue weighted by Crippen LogP contribution is -2.47. The standard InChI is InChI=1S/C21H26N8/c1-13-9-20(28-27-13)26-21-17-5-7-23-18(17)12-19(25-21)24-14-10-15-3-4-16(11-14)29(15)8-2-6-22/h5,7,9,12,14-16,23H,2-4,8,10-11H2,1H3,(H3,24,25,26,27,28)/t14-,15-,16?/m0/s1. The first-order chi connectivity index (χ1) is 14.2. The average Bonchev–Trinajstić information content (AvgIpc) is 3.39. The van der Waals surface area contributed by atoms with Gasteiger partial charge in [0.05, 0.1) is 11.6 Å². The van der Waals surface area contributed by atoms with Crippen molar-refractivity contribution >= 4 is 28.4 Å². The largest absolute Gasteiger partial charge is 0.367 e. The fourth-order valence-electron chi connectivity index (χ4n) is 4.98. The van der Waals surface area contributed by atoms with Gasteiger partial charge in [-0.25, -0.2) is 4.98 Å². The van der Waals surface area contributed by atoms with Crippen molar-refractivity contribution in [3.8, 4) is 6.07 Å². The van der Waals surface area contributed by atoms with Crippen LogP contribution in [0.3, 0.4) is 0 Å². The number of aromatic amines is 2. The lowest BCUT2D eigenvalue weighted by molar-refractivity contribution is 0.136. The molecule has 1 unspecified atom stereocenters. The Morgan fingerprint density at radius 3 is 2.79 bits per heavy atom. The highest BCUT2D eigenvalue weighted by Gasteiger charge is 2.40. The Bertz CT molecular complexity index is 1030. The third-order valence-electron chi connectivity index (χ3n) is 6.22. The first-order valence-electron chi connectivity index (χ1n) is 10.4. The number of aryl methyl sites for hydroxylation is 1. The van der Waals surface area contributed by atoms with Crippen LogP contribution in [0.1, 0.15) is 37.8 Å². The Labute approximate surface area is 169 Å². The molecule has 3 atom stereocenters. The van der Waals surface area contributed by atoms with Crippen LogP contribution in [-0.4, -0.2) is 49.7 Å². The van der Waals surface area contributed by atoms with E-state index in [1.54, 1.807) is 0 Å². The normalized spacial score (nSPS) is 23.9. The molecular weight excluding hydrogens is 364 g/mol. The molecule has 29 heavy (non-hydrogen) atoms. The molecule has 150 valence electrons. The molecule has 0 saturated carbocycles. The summed E-state index contributed by atoms with van der Waals surface area (Å²) in [6.07, 6.45) is 7.25. The summed E-state index contributed by atoms with van der Waals surface area (Å²) in [6, 6.07) is 9.94. The van der Waals surface area contributed by atoms with Crippen molar-refractivity contribution in [2.75, 3.05) is 17.2 Å². The van der Waals surface area contributed by atoms with Gasteiger partial charge < -0.3 is 15.6 Å². The smallest absolute Gasteiger partial charge is 0.153 e. The average molecular weight is 390 g/mol. The molecule has 8 heteroatoms. The van der Waals surface area contributed by atoms with Crippen LogP contribution >= 0.6 is 0 Å². The Hall–Kier alpha value is -3.05. The predicted octanol–water partition coefficient (Wildman–Crippen LogP) is 3.66. The van der Waals surface area contributed by atoms with E-state index in [1.807, 2.05) is 25.3 Å². The summed E-state index contributed by atoms with van der Waals surface area (Å²) in [5, 5.41) is 24.2. The van der Waals surface area contributed by atoms with E-state index in [4.69, 9.17) is 10.2 Å². The molecule has 5 rings (SSSR count). The predicted molar refractivity (Wildman–Crippen MR) is 113 cm³/mol. The van der Waals surface area contributed by atoms with Gasteiger partial charge in [-0.3, -0.25) is 10.00 Å². The number of aromatic nitrogens is 4. The van der Waals surface area contributed by atoms with Gasteiger partial charge in [0.2, 0.25) is 0 Å². The molecule has 2 fully saturated rings. The van der Waals surface area contributed by atoms with Gasteiger partial charge in [0.1, 0.15) is 11.6 Å². The number of nitriles is 1. The second kappa shape index (κ2) is 7.41. The van der Waals surface area contributed by atoms with Gasteiger partial charge in [-0.2, -0.15) is 10.4 Å². The van der Waals surface area contributed by atoms with Crippen LogP contribution in [0.15, 0.2) is 24.4 Å². The fourth-order valence-corrected chi connectivity index (χ4v) is 4.98. The summed E-state index contributed by atoms with van der Waals surface area (Å²) in [7, 11) is 0. The molecule has 0 aromatic carbocycles. The van der Waals surface area contributed by atoms with Crippen molar-refractivity contribution in [3.63, 3.8) is 0 Å². The molecule has 0 amide bonds. The summed E-state index contributed by atoms with van der Waals surface area (Å²) in [5.41, 5.74) is 2.05. The molecule has 4 N–H and O–H groups in total. The van der Waals surface area contributed by atoms with Gasteiger partial charge in [0, 0.05) is 60.5 Å². The van der Waals surface area contributed by atoms with E-state index in [0.717, 1.165) is 53.4 Å². The van der Waals surface area contributed by atoms with E-state index >= 15 is 0 Å². The summed E-state index contributed by atoms with van der Waals surface area (Å²) in [4.78, 5) is 10.7. The Kier molecular flexibility index (Phi) is 4.60. The number of rotatable bonds is 6. The van der Waals surface area contributed by atoms with Crippen LogP contribution in [0.25, 0.3) is 10.9 Å². The number of nitrogens with one attached hydrogen (secondary N) is 4. The topological polar surface area (TPSA) is 108 Å². The molecule has 0 aliphatic carbocycles. The van der Waals surface area contributed by atoms with Crippen LogP contribution in [0.5, 0.6) is 0 Å². The number of H-pyrrole nitrogens is 2. The molecule has 0 radical (unpaired) electrons. The van der Waals surface area contributed by atoms with Crippen LogP contribution in [0, 0.1) is 18.3 Å². The number of hydrogen-bond donors (Lipinski definition) is 4. The first-order valence-corrected chi connectivity index (χ1v) is 10.4. The van der Waals surface area contributed by atoms with Crippen LogP contribution in [0.2, 0.25) is 0 Å². The highest BCUT2D eigenvalue weighted by atomic mass is 15.2. The maximum atomic E-state index is 8.93. The molecule has 2 aliphatic heterocycles. The summed E-state index contributed by atoms with van der Waals surface area (Å²) in [5.74, 6) is 2.44. The molecule has 8 nitrogen and oxygen atoms in total. The lowest BCUT2D eigenvalue weighted by atomic mass is 9.97. The SMILES string of the molecule is Cc1cc(Nc2nc(N[C@@H]3CC4CC[C@@H](C3)N4CCC#N)cc3[nH]ccc23)n[nH]1. The monoisotopic (exact) mass is 390 g/mol. The van der Waals surface area contributed by atoms with Gasteiger partial charge in [-0.1, -0.05) is 0 Å². The quantitative estimate of drug-likeness (QED) is 0.511. The highest BCUT2D eigenvalue weighted by Crippen LogP contribution is 2.37. The van der Waals surface area contributed by atoms with Gasteiger partial charge in [-0.15, -0.1) is 0 Å². The van der Waals surface area contributed by atoms with Crippen molar-refractivity contribution in [3.05, 3.63) is 30.1 Å². The number of piperidine rings is 1. The van der Waals surface area contributed by atoms with E-state index < -0.39 is 0 Å². The van der Waals surface area contributed by atoms with E-state index in [2.05, 4.69) is 42.9 Å².